The molecule has 1 heterocycles. The van der Waals surface area contributed by atoms with Crippen LogP contribution in [0.15, 0.2) is 29.3 Å². The Labute approximate surface area is 190 Å². The molecule has 29 heavy (non-hydrogen) atoms. The zero-order chi connectivity index (χ0) is 20.2. The number of carbonyl (C=O) groups is 1. The molecular weight excluding hydrogens is 485 g/mol. The second-order valence-corrected chi connectivity index (χ2v) is 6.67. The summed E-state index contributed by atoms with van der Waals surface area (Å²) in [6.45, 7) is 5.72. The maximum absolute atomic E-state index is 11.9. The molecule has 0 aliphatic carbocycles. The third-order valence-corrected chi connectivity index (χ3v) is 4.53. The van der Waals surface area contributed by atoms with Crippen LogP contribution in [0.2, 0.25) is 0 Å². The third-order valence-electron chi connectivity index (χ3n) is 4.53. The van der Waals surface area contributed by atoms with E-state index < -0.39 is 0 Å². The van der Waals surface area contributed by atoms with E-state index >= 15 is 0 Å². The molecule has 3 N–H and O–H groups in total. The average molecular weight is 519 g/mol. The van der Waals surface area contributed by atoms with Crippen LogP contribution in [0, 0.1) is 0 Å². The van der Waals surface area contributed by atoms with Crippen molar-refractivity contribution < 1.29 is 14.3 Å². The Balaban J connectivity index is 0.00000420. The number of hydrogen-bond acceptors (Lipinski definition) is 5. The fraction of sp³-hybridized carbons (Fsp3) is 0.600. The highest BCUT2D eigenvalue weighted by Gasteiger charge is 2.21. The zero-order valence-corrected chi connectivity index (χ0v) is 19.9. The van der Waals surface area contributed by atoms with Crippen LogP contribution in [-0.2, 0) is 9.53 Å². The molecule has 1 saturated heterocycles. The van der Waals surface area contributed by atoms with E-state index in [4.69, 9.17) is 9.47 Å². The highest BCUT2D eigenvalue weighted by molar-refractivity contribution is 14.0. The van der Waals surface area contributed by atoms with Crippen molar-refractivity contribution in [3.8, 4) is 5.75 Å². The minimum atomic E-state index is -0.115. The topological polar surface area (TPSA) is 87.2 Å². The molecule has 1 aromatic rings. The van der Waals surface area contributed by atoms with E-state index in [1.54, 1.807) is 14.2 Å². The summed E-state index contributed by atoms with van der Waals surface area (Å²) in [5, 5.41) is 9.47. The first-order valence-corrected chi connectivity index (χ1v) is 9.85. The molecule has 9 heteroatoms. The largest absolute Gasteiger partial charge is 0.497 e. The van der Waals surface area contributed by atoms with Crippen LogP contribution in [0.1, 0.15) is 19.8 Å². The summed E-state index contributed by atoms with van der Waals surface area (Å²) >= 11 is 0. The molecule has 8 nitrogen and oxygen atoms in total. The normalized spacial score (nSPS) is 16.6. The smallest absolute Gasteiger partial charge is 0.241 e. The Morgan fingerprint density at radius 1 is 1.31 bits per heavy atom. The maximum atomic E-state index is 11.9. The molecule has 1 atom stereocenters. The number of guanidine groups is 1. The van der Waals surface area contributed by atoms with Gasteiger partial charge in [-0.2, -0.15) is 0 Å². The quantitative estimate of drug-likeness (QED) is 0.199. The van der Waals surface area contributed by atoms with Crippen LogP contribution in [0.25, 0.3) is 0 Å². The van der Waals surface area contributed by atoms with Gasteiger partial charge in [0.05, 0.1) is 13.7 Å². The molecule has 1 aliphatic rings. The van der Waals surface area contributed by atoms with Crippen LogP contribution < -0.4 is 25.6 Å². The molecule has 1 unspecified atom stereocenters. The summed E-state index contributed by atoms with van der Waals surface area (Å²) in [6.07, 6.45) is 2.15. The lowest BCUT2D eigenvalue weighted by atomic mass is 10.0. The highest BCUT2D eigenvalue weighted by Crippen LogP contribution is 2.24. The highest BCUT2D eigenvalue weighted by atomic mass is 127. The Kier molecular flexibility index (Phi) is 12.4. The van der Waals surface area contributed by atoms with Gasteiger partial charge in [-0.3, -0.25) is 4.79 Å². The van der Waals surface area contributed by atoms with Crippen LogP contribution >= 0.6 is 24.0 Å². The first-order valence-electron chi connectivity index (χ1n) is 9.85. The number of amides is 1. The standard InChI is InChI=1S/C20H33N5O3.HI/c1-4-21-20(23-14-19(26)22-10-12-27-2)24-16-7-6-11-25(15-16)17-8-5-9-18(13-17)28-3;/h5,8-9,13,16H,4,6-7,10-12,14-15H2,1-3H3,(H,22,26)(H2,21,23,24);1H. The van der Waals surface area contributed by atoms with Gasteiger partial charge in [-0.1, -0.05) is 6.07 Å². The van der Waals surface area contributed by atoms with Gasteiger partial charge in [0.1, 0.15) is 12.3 Å². The molecule has 0 aromatic heterocycles. The minimum Gasteiger partial charge on any atom is -0.497 e. The van der Waals surface area contributed by atoms with Gasteiger partial charge in [0, 0.05) is 51.1 Å². The van der Waals surface area contributed by atoms with E-state index in [0.29, 0.717) is 19.1 Å². The van der Waals surface area contributed by atoms with Gasteiger partial charge in [-0.05, 0) is 31.9 Å². The van der Waals surface area contributed by atoms with E-state index in [1.165, 1.54) is 0 Å². The molecular formula is C20H34IN5O3. The summed E-state index contributed by atoms with van der Waals surface area (Å²) in [5.74, 6) is 1.42. The van der Waals surface area contributed by atoms with Gasteiger partial charge in [-0.15, -0.1) is 24.0 Å². The first kappa shape index (κ1) is 25.3. The number of ether oxygens (including phenoxy) is 2. The van der Waals surface area contributed by atoms with E-state index in [-0.39, 0.29) is 42.5 Å². The number of benzene rings is 1. The molecule has 1 aliphatic heterocycles. The Morgan fingerprint density at radius 3 is 2.86 bits per heavy atom. The van der Waals surface area contributed by atoms with Gasteiger partial charge >= 0.3 is 0 Å². The van der Waals surface area contributed by atoms with Gasteiger partial charge in [0.15, 0.2) is 5.96 Å². The van der Waals surface area contributed by atoms with Crippen molar-refractivity contribution in [1.29, 1.82) is 0 Å². The number of hydrogen-bond donors (Lipinski definition) is 3. The number of anilines is 1. The molecule has 0 bridgehead atoms. The van der Waals surface area contributed by atoms with E-state index in [2.05, 4.69) is 38.0 Å². The maximum Gasteiger partial charge on any atom is 0.241 e. The van der Waals surface area contributed by atoms with E-state index in [9.17, 15) is 4.79 Å². The predicted octanol–water partition coefficient (Wildman–Crippen LogP) is 1.60. The molecule has 1 amide bonds. The summed E-state index contributed by atoms with van der Waals surface area (Å²) in [7, 11) is 3.29. The lowest BCUT2D eigenvalue weighted by molar-refractivity contribution is -0.119. The molecule has 1 fully saturated rings. The van der Waals surface area contributed by atoms with Crippen LogP contribution in [0.4, 0.5) is 5.69 Å². The van der Waals surface area contributed by atoms with Crippen molar-refractivity contribution in [1.82, 2.24) is 16.0 Å². The molecule has 0 radical (unpaired) electrons. The van der Waals surface area contributed by atoms with Crippen molar-refractivity contribution in [2.45, 2.75) is 25.8 Å². The van der Waals surface area contributed by atoms with Crippen LogP contribution in [0.5, 0.6) is 5.75 Å². The third kappa shape index (κ3) is 9.07. The van der Waals surface area contributed by atoms with Crippen LogP contribution in [0.3, 0.4) is 0 Å². The van der Waals surface area contributed by atoms with Crippen LogP contribution in [-0.4, -0.2) is 71.5 Å². The second-order valence-electron chi connectivity index (χ2n) is 6.67. The van der Waals surface area contributed by atoms with Gasteiger partial charge < -0.3 is 30.3 Å². The van der Waals surface area contributed by atoms with Gasteiger partial charge in [-0.25, -0.2) is 4.99 Å². The Hall–Kier alpha value is -1.75. The Morgan fingerprint density at radius 2 is 2.14 bits per heavy atom. The van der Waals surface area contributed by atoms with Crippen molar-refractivity contribution in [3.05, 3.63) is 24.3 Å². The van der Waals surface area contributed by atoms with Crippen molar-refractivity contribution >= 4 is 41.5 Å². The number of methoxy groups -OCH3 is 2. The van der Waals surface area contributed by atoms with Gasteiger partial charge in [0.2, 0.25) is 5.91 Å². The average Bonchev–Trinajstić information content (AvgIpc) is 2.72. The van der Waals surface area contributed by atoms with E-state index in [1.807, 2.05) is 19.1 Å². The van der Waals surface area contributed by atoms with Crippen molar-refractivity contribution in [3.63, 3.8) is 0 Å². The molecule has 1 aromatic carbocycles. The summed E-state index contributed by atoms with van der Waals surface area (Å²) in [6, 6.07) is 8.39. The summed E-state index contributed by atoms with van der Waals surface area (Å²) < 4.78 is 10.3. The molecule has 0 saturated carbocycles. The number of piperidine rings is 1. The summed E-state index contributed by atoms with van der Waals surface area (Å²) in [4.78, 5) is 18.6. The summed E-state index contributed by atoms with van der Waals surface area (Å²) in [5.41, 5.74) is 1.16. The number of carbonyl (C=O) groups excluding carboxylic acids is 1. The number of halogens is 1. The van der Waals surface area contributed by atoms with E-state index in [0.717, 1.165) is 43.9 Å². The number of nitrogens with one attached hydrogen (secondary N) is 3. The Bertz CT molecular complexity index is 644. The monoisotopic (exact) mass is 519 g/mol. The second kappa shape index (κ2) is 14.3. The lowest BCUT2D eigenvalue weighted by Gasteiger charge is -2.35. The number of nitrogens with zero attached hydrogens (tertiary/aromatic N) is 2. The predicted molar refractivity (Wildman–Crippen MR) is 128 cm³/mol. The van der Waals surface area contributed by atoms with Crippen molar-refractivity contribution in [2.24, 2.45) is 4.99 Å². The minimum absolute atomic E-state index is 0. The van der Waals surface area contributed by atoms with Crippen molar-refractivity contribution in [2.75, 3.05) is 58.5 Å². The zero-order valence-electron chi connectivity index (χ0n) is 17.6. The molecule has 0 spiro atoms. The molecule has 164 valence electrons. The van der Waals surface area contributed by atoms with Gasteiger partial charge in [0.25, 0.3) is 0 Å². The lowest BCUT2D eigenvalue weighted by Crippen LogP contribution is -2.51. The molecule has 2 rings (SSSR count). The SMILES string of the molecule is CCNC(=NCC(=O)NCCOC)NC1CCCN(c2cccc(OC)c2)C1.I. The fourth-order valence-electron chi connectivity index (χ4n) is 3.15. The first-order chi connectivity index (χ1) is 13.7. The fourth-order valence-corrected chi connectivity index (χ4v) is 3.15. The number of aliphatic imine (C=N–C) groups is 1. The number of rotatable bonds is 9.